The summed E-state index contributed by atoms with van der Waals surface area (Å²) in [5.74, 6) is 0.745. The summed E-state index contributed by atoms with van der Waals surface area (Å²) in [6.45, 7) is 5.99. The summed E-state index contributed by atoms with van der Waals surface area (Å²) in [5, 5.41) is 2.80. The summed E-state index contributed by atoms with van der Waals surface area (Å²) >= 11 is 0. The van der Waals surface area contributed by atoms with E-state index in [-0.39, 0.29) is 11.7 Å². The minimum atomic E-state index is -0.510. The van der Waals surface area contributed by atoms with Gasteiger partial charge in [0.15, 0.2) is 6.10 Å². The number of hydrogen-bond acceptors (Lipinski definition) is 3. The van der Waals surface area contributed by atoms with Crippen molar-refractivity contribution in [3.05, 3.63) is 29.8 Å². The Hall–Kier alpha value is -1.84. The summed E-state index contributed by atoms with van der Waals surface area (Å²) in [7, 11) is 0. The van der Waals surface area contributed by atoms with E-state index in [2.05, 4.69) is 5.32 Å². The number of hydrogen-bond donors (Lipinski definition) is 1. The molecule has 0 saturated heterocycles. The van der Waals surface area contributed by atoms with Gasteiger partial charge in [0.25, 0.3) is 5.91 Å². The lowest BCUT2D eigenvalue weighted by Crippen LogP contribution is -2.36. The molecule has 4 nitrogen and oxygen atoms in total. The van der Waals surface area contributed by atoms with E-state index in [1.54, 1.807) is 13.8 Å². The predicted molar refractivity (Wildman–Crippen MR) is 78.8 cm³/mol. The van der Waals surface area contributed by atoms with Crippen LogP contribution in [0.15, 0.2) is 24.3 Å². The van der Waals surface area contributed by atoms with Crippen molar-refractivity contribution in [3.63, 3.8) is 0 Å². The minimum Gasteiger partial charge on any atom is -0.481 e. The molecule has 1 rings (SSSR count). The fourth-order valence-electron chi connectivity index (χ4n) is 1.70. The Bertz CT molecular complexity index is 440. The average molecular weight is 277 g/mol. The zero-order valence-corrected chi connectivity index (χ0v) is 12.4. The second-order valence-corrected chi connectivity index (χ2v) is 4.90. The monoisotopic (exact) mass is 277 g/mol. The molecule has 0 aromatic heterocycles. The number of carbonyl (C=O) groups excluding carboxylic acids is 2. The van der Waals surface area contributed by atoms with Gasteiger partial charge in [-0.25, -0.2) is 0 Å². The highest BCUT2D eigenvalue weighted by Gasteiger charge is 2.13. The van der Waals surface area contributed by atoms with Gasteiger partial charge in [-0.1, -0.05) is 19.1 Å². The Morgan fingerprint density at radius 2 is 1.90 bits per heavy atom. The Morgan fingerprint density at radius 1 is 1.25 bits per heavy atom. The Labute approximate surface area is 120 Å². The first-order valence-electron chi connectivity index (χ1n) is 7.05. The lowest BCUT2D eigenvalue weighted by atomic mass is 10.1. The molecule has 0 spiro atoms. The molecular weight excluding hydrogens is 254 g/mol. The molecule has 0 heterocycles. The number of ether oxygens (including phenoxy) is 1. The highest BCUT2D eigenvalue weighted by atomic mass is 16.5. The Morgan fingerprint density at radius 3 is 2.45 bits per heavy atom. The van der Waals surface area contributed by atoms with Crippen LogP contribution in [-0.4, -0.2) is 24.3 Å². The molecule has 0 radical (unpaired) electrons. The molecule has 0 aliphatic carbocycles. The Balaban J connectivity index is 2.48. The third-order valence-electron chi connectivity index (χ3n) is 2.92. The summed E-state index contributed by atoms with van der Waals surface area (Å²) < 4.78 is 5.57. The van der Waals surface area contributed by atoms with E-state index in [1.807, 2.05) is 31.2 Å². The number of Topliss-reactive ketones (excluding diaryl/α,β-unsaturated/α-hetero) is 1. The van der Waals surface area contributed by atoms with Crippen LogP contribution in [0.5, 0.6) is 5.75 Å². The number of aryl methyl sites for hydroxylation is 1. The van der Waals surface area contributed by atoms with E-state index in [9.17, 15) is 9.59 Å². The number of carbonyl (C=O) groups is 2. The van der Waals surface area contributed by atoms with Crippen molar-refractivity contribution in [1.82, 2.24) is 5.32 Å². The summed E-state index contributed by atoms with van der Waals surface area (Å²) in [5.41, 5.74) is 1.09. The summed E-state index contributed by atoms with van der Waals surface area (Å²) in [6.07, 6.45) is 1.69. The third kappa shape index (κ3) is 5.87. The van der Waals surface area contributed by atoms with Crippen molar-refractivity contribution in [1.29, 1.82) is 0 Å². The molecule has 110 valence electrons. The summed E-state index contributed by atoms with van der Waals surface area (Å²) in [4.78, 5) is 22.6. The highest BCUT2D eigenvalue weighted by molar-refractivity contribution is 5.80. The standard InChI is InChI=1S/C16H23NO3/c1-4-11-17-16(19)13(3)20-15-9-7-14(8-10-15)6-5-12(2)18/h7-10,13H,4-6,11H2,1-3H3,(H,17,19). The van der Waals surface area contributed by atoms with Crippen LogP contribution >= 0.6 is 0 Å². The van der Waals surface area contributed by atoms with Gasteiger partial charge in [-0.2, -0.15) is 0 Å². The highest BCUT2D eigenvalue weighted by Crippen LogP contribution is 2.15. The lowest BCUT2D eigenvalue weighted by molar-refractivity contribution is -0.127. The maximum absolute atomic E-state index is 11.7. The second kappa shape index (κ2) is 8.35. The van der Waals surface area contributed by atoms with Crippen LogP contribution < -0.4 is 10.1 Å². The van der Waals surface area contributed by atoms with E-state index < -0.39 is 6.10 Å². The van der Waals surface area contributed by atoms with Crippen LogP contribution in [0, 0.1) is 0 Å². The molecular formula is C16H23NO3. The van der Waals surface area contributed by atoms with Crippen molar-refractivity contribution < 1.29 is 14.3 Å². The van der Waals surface area contributed by atoms with E-state index in [1.165, 1.54) is 0 Å². The number of nitrogens with one attached hydrogen (secondary N) is 1. The van der Waals surface area contributed by atoms with Gasteiger partial charge in [0, 0.05) is 13.0 Å². The molecule has 1 unspecified atom stereocenters. The number of benzene rings is 1. The van der Waals surface area contributed by atoms with Crippen molar-refractivity contribution in [2.24, 2.45) is 0 Å². The van der Waals surface area contributed by atoms with Crippen LogP contribution in [0.2, 0.25) is 0 Å². The molecule has 4 heteroatoms. The molecule has 0 saturated carbocycles. The first-order valence-corrected chi connectivity index (χ1v) is 7.05. The van der Waals surface area contributed by atoms with Crippen LogP contribution in [0.3, 0.4) is 0 Å². The van der Waals surface area contributed by atoms with E-state index >= 15 is 0 Å². The number of amides is 1. The molecule has 0 fully saturated rings. The van der Waals surface area contributed by atoms with Crippen molar-refractivity contribution in [2.45, 2.75) is 46.1 Å². The molecule has 0 bridgehead atoms. The molecule has 1 aromatic carbocycles. The van der Waals surface area contributed by atoms with E-state index in [4.69, 9.17) is 4.74 Å². The molecule has 1 aromatic rings. The zero-order valence-electron chi connectivity index (χ0n) is 12.4. The van der Waals surface area contributed by atoms with Crippen molar-refractivity contribution >= 4 is 11.7 Å². The zero-order chi connectivity index (χ0) is 15.0. The second-order valence-electron chi connectivity index (χ2n) is 4.90. The van der Waals surface area contributed by atoms with Gasteiger partial charge >= 0.3 is 0 Å². The van der Waals surface area contributed by atoms with Gasteiger partial charge < -0.3 is 14.8 Å². The Kier molecular flexibility index (Phi) is 6.77. The van der Waals surface area contributed by atoms with E-state index in [0.29, 0.717) is 18.7 Å². The SMILES string of the molecule is CCCNC(=O)C(C)Oc1ccc(CCC(C)=O)cc1. The third-order valence-corrected chi connectivity index (χ3v) is 2.92. The normalized spacial score (nSPS) is 11.8. The molecule has 0 aliphatic heterocycles. The van der Waals surface area contributed by atoms with Gasteiger partial charge in [-0.3, -0.25) is 4.79 Å². The van der Waals surface area contributed by atoms with Crippen LogP contribution in [0.1, 0.15) is 39.2 Å². The number of ketones is 1. The van der Waals surface area contributed by atoms with Gasteiger partial charge in [-0.15, -0.1) is 0 Å². The molecule has 1 atom stereocenters. The first-order chi connectivity index (χ1) is 9.52. The fourth-order valence-corrected chi connectivity index (χ4v) is 1.70. The predicted octanol–water partition coefficient (Wildman–Crippen LogP) is 2.50. The smallest absolute Gasteiger partial charge is 0.260 e. The first kappa shape index (κ1) is 16.2. The molecule has 1 N–H and O–H groups in total. The number of rotatable bonds is 8. The van der Waals surface area contributed by atoms with Gasteiger partial charge in [0.05, 0.1) is 0 Å². The summed E-state index contributed by atoms with van der Waals surface area (Å²) in [6, 6.07) is 7.52. The van der Waals surface area contributed by atoms with E-state index in [0.717, 1.165) is 18.4 Å². The van der Waals surface area contributed by atoms with Crippen LogP contribution in [-0.2, 0) is 16.0 Å². The van der Waals surface area contributed by atoms with Crippen LogP contribution in [0.4, 0.5) is 0 Å². The average Bonchev–Trinajstić information content (AvgIpc) is 2.43. The molecule has 1 amide bonds. The van der Waals surface area contributed by atoms with Crippen molar-refractivity contribution in [3.8, 4) is 5.75 Å². The van der Waals surface area contributed by atoms with Crippen LogP contribution in [0.25, 0.3) is 0 Å². The fraction of sp³-hybridized carbons (Fsp3) is 0.500. The minimum absolute atomic E-state index is 0.104. The van der Waals surface area contributed by atoms with Crippen molar-refractivity contribution in [2.75, 3.05) is 6.54 Å². The van der Waals surface area contributed by atoms with Gasteiger partial charge in [0.1, 0.15) is 11.5 Å². The molecule has 20 heavy (non-hydrogen) atoms. The quantitative estimate of drug-likeness (QED) is 0.794. The molecule has 0 aliphatic rings. The lowest BCUT2D eigenvalue weighted by Gasteiger charge is -2.14. The maximum Gasteiger partial charge on any atom is 0.260 e. The maximum atomic E-state index is 11.7. The topological polar surface area (TPSA) is 55.4 Å². The van der Waals surface area contributed by atoms with Gasteiger partial charge in [-0.05, 0) is 44.4 Å². The largest absolute Gasteiger partial charge is 0.481 e. The van der Waals surface area contributed by atoms with Gasteiger partial charge in [0.2, 0.25) is 0 Å².